The Kier molecular flexibility index (Phi) is 7.28. The van der Waals surface area contributed by atoms with E-state index in [0.717, 1.165) is 25.3 Å². The van der Waals surface area contributed by atoms with E-state index in [-0.39, 0.29) is 5.91 Å². The molecule has 0 unspecified atom stereocenters. The highest BCUT2D eigenvalue weighted by molar-refractivity contribution is 5.75. The zero-order valence-corrected chi connectivity index (χ0v) is 10.8. The standard InChI is InChI=1S/C14H27NO/c1-2-3-4-5-6-11-14(16)15-12-13-9-7-8-10-13/h13H,2-12H2,1H3,(H,15,16). The van der Waals surface area contributed by atoms with Crippen molar-refractivity contribution in [3.8, 4) is 0 Å². The first-order valence-corrected chi connectivity index (χ1v) is 7.09. The van der Waals surface area contributed by atoms with Gasteiger partial charge in [0.15, 0.2) is 0 Å². The summed E-state index contributed by atoms with van der Waals surface area (Å²) in [6, 6.07) is 0. The van der Waals surface area contributed by atoms with E-state index in [1.54, 1.807) is 0 Å². The molecule has 1 aliphatic carbocycles. The van der Waals surface area contributed by atoms with E-state index in [9.17, 15) is 4.79 Å². The maximum absolute atomic E-state index is 11.5. The van der Waals surface area contributed by atoms with E-state index in [4.69, 9.17) is 0 Å². The minimum absolute atomic E-state index is 0.267. The van der Waals surface area contributed by atoms with Gasteiger partial charge in [0.05, 0.1) is 0 Å². The first-order valence-electron chi connectivity index (χ1n) is 7.09. The minimum Gasteiger partial charge on any atom is -0.356 e. The molecule has 0 heterocycles. The van der Waals surface area contributed by atoms with Crippen LogP contribution in [0.3, 0.4) is 0 Å². The largest absolute Gasteiger partial charge is 0.356 e. The number of amides is 1. The number of hydrogen-bond acceptors (Lipinski definition) is 1. The fourth-order valence-electron chi connectivity index (χ4n) is 2.45. The second kappa shape index (κ2) is 8.60. The molecule has 1 rings (SSSR count). The van der Waals surface area contributed by atoms with Crippen LogP contribution >= 0.6 is 0 Å². The Morgan fingerprint density at radius 2 is 1.81 bits per heavy atom. The molecule has 0 aromatic heterocycles. The van der Waals surface area contributed by atoms with Gasteiger partial charge in [-0.25, -0.2) is 0 Å². The first kappa shape index (κ1) is 13.5. The molecule has 0 radical (unpaired) electrons. The minimum atomic E-state index is 0.267. The monoisotopic (exact) mass is 225 g/mol. The van der Waals surface area contributed by atoms with Gasteiger partial charge in [0.25, 0.3) is 0 Å². The lowest BCUT2D eigenvalue weighted by Crippen LogP contribution is -2.27. The highest BCUT2D eigenvalue weighted by Crippen LogP contribution is 2.23. The topological polar surface area (TPSA) is 29.1 Å². The first-order chi connectivity index (χ1) is 7.83. The van der Waals surface area contributed by atoms with Crippen molar-refractivity contribution in [2.75, 3.05) is 6.54 Å². The van der Waals surface area contributed by atoms with Crippen molar-refractivity contribution < 1.29 is 4.79 Å². The average Bonchev–Trinajstić information content (AvgIpc) is 2.79. The quantitative estimate of drug-likeness (QED) is 0.628. The Hall–Kier alpha value is -0.530. The fraction of sp³-hybridized carbons (Fsp3) is 0.929. The Balaban J connectivity index is 1.90. The molecule has 1 saturated carbocycles. The second-order valence-electron chi connectivity index (χ2n) is 5.12. The summed E-state index contributed by atoms with van der Waals surface area (Å²) < 4.78 is 0. The van der Waals surface area contributed by atoms with Gasteiger partial charge in [-0.15, -0.1) is 0 Å². The van der Waals surface area contributed by atoms with Crippen LogP contribution in [0.2, 0.25) is 0 Å². The normalized spacial score (nSPS) is 16.6. The van der Waals surface area contributed by atoms with Gasteiger partial charge < -0.3 is 5.32 Å². The maximum atomic E-state index is 11.5. The predicted molar refractivity (Wildman–Crippen MR) is 68.3 cm³/mol. The van der Waals surface area contributed by atoms with Crippen molar-refractivity contribution in [1.82, 2.24) is 5.32 Å². The third kappa shape index (κ3) is 6.14. The predicted octanol–water partition coefficient (Wildman–Crippen LogP) is 3.65. The molecule has 16 heavy (non-hydrogen) atoms. The van der Waals surface area contributed by atoms with Gasteiger partial charge in [0.1, 0.15) is 0 Å². The van der Waals surface area contributed by atoms with Crippen molar-refractivity contribution in [1.29, 1.82) is 0 Å². The average molecular weight is 225 g/mol. The van der Waals surface area contributed by atoms with Crippen LogP contribution < -0.4 is 5.32 Å². The molecule has 0 saturated heterocycles. The molecule has 0 aromatic carbocycles. The smallest absolute Gasteiger partial charge is 0.220 e. The van der Waals surface area contributed by atoms with Gasteiger partial charge >= 0.3 is 0 Å². The van der Waals surface area contributed by atoms with Gasteiger partial charge in [-0.2, -0.15) is 0 Å². The van der Waals surface area contributed by atoms with Crippen molar-refractivity contribution in [3.05, 3.63) is 0 Å². The van der Waals surface area contributed by atoms with Crippen molar-refractivity contribution >= 4 is 5.91 Å². The molecular weight excluding hydrogens is 198 g/mol. The molecule has 94 valence electrons. The van der Waals surface area contributed by atoms with E-state index < -0.39 is 0 Å². The summed E-state index contributed by atoms with van der Waals surface area (Å²) in [5, 5.41) is 3.08. The van der Waals surface area contributed by atoms with Crippen LogP contribution in [0.15, 0.2) is 0 Å². The summed E-state index contributed by atoms with van der Waals surface area (Å²) in [5.41, 5.74) is 0. The zero-order chi connectivity index (χ0) is 11.6. The molecule has 2 heteroatoms. The zero-order valence-electron chi connectivity index (χ0n) is 10.8. The second-order valence-corrected chi connectivity index (χ2v) is 5.12. The van der Waals surface area contributed by atoms with Crippen LogP contribution in [0.25, 0.3) is 0 Å². The summed E-state index contributed by atoms with van der Waals surface area (Å²) in [5.74, 6) is 1.03. The van der Waals surface area contributed by atoms with Gasteiger partial charge in [-0.05, 0) is 25.2 Å². The van der Waals surface area contributed by atoms with E-state index in [0.29, 0.717) is 0 Å². The van der Waals surface area contributed by atoms with E-state index in [1.807, 2.05) is 0 Å². The number of carbonyl (C=O) groups is 1. The molecule has 1 fully saturated rings. The molecule has 0 atom stereocenters. The Bertz CT molecular complexity index is 185. The Morgan fingerprint density at radius 3 is 2.50 bits per heavy atom. The van der Waals surface area contributed by atoms with E-state index in [1.165, 1.54) is 51.4 Å². The lowest BCUT2D eigenvalue weighted by molar-refractivity contribution is -0.121. The van der Waals surface area contributed by atoms with Crippen LogP contribution in [-0.4, -0.2) is 12.5 Å². The van der Waals surface area contributed by atoms with Crippen LogP contribution in [0.4, 0.5) is 0 Å². The fourth-order valence-corrected chi connectivity index (χ4v) is 2.45. The van der Waals surface area contributed by atoms with Crippen LogP contribution in [-0.2, 0) is 4.79 Å². The summed E-state index contributed by atoms with van der Waals surface area (Å²) >= 11 is 0. The number of carbonyl (C=O) groups excluding carboxylic acids is 1. The van der Waals surface area contributed by atoms with Crippen molar-refractivity contribution in [3.63, 3.8) is 0 Å². The van der Waals surface area contributed by atoms with Gasteiger partial charge in [0, 0.05) is 13.0 Å². The lowest BCUT2D eigenvalue weighted by atomic mass is 10.1. The number of hydrogen-bond donors (Lipinski definition) is 1. The molecule has 1 amide bonds. The molecule has 0 spiro atoms. The SMILES string of the molecule is CCCCCCCC(=O)NCC1CCCC1. The van der Waals surface area contributed by atoms with E-state index in [2.05, 4.69) is 12.2 Å². The summed E-state index contributed by atoms with van der Waals surface area (Å²) in [6.45, 7) is 3.14. The Labute approximate surface area is 100 Å². The van der Waals surface area contributed by atoms with Crippen LogP contribution in [0.1, 0.15) is 71.1 Å². The van der Waals surface area contributed by atoms with Gasteiger partial charge in [-0.3, -0.25) is 4.79 Å². The molecule has 1 N–H and O–H groups in total. The van der Waals surface area contributed by atoms with Gasteiger partial charge in [0.2, 0.25) is 5.91 Å². The maximum Gasteiger partial charge on any atom is 0.220 e. The molecule has 1 aliphatic rings. The highest BCUT2D eigenvalue weighted by atomic mass is 16.1. The Morgan fingerprint density at radius 1 is 1.12 bits per heavy atom. The van der Waals surface area contributed by atoms with Crippen LogP contribution in [0, 0.1) is 5.92 Å². The highest BCUT2D eigenvalue weighted by Gasteiger charge is 2.15. The molecular formula is C14H27NO. The number of unbranched alkanes of at least 4 members (excludes halogenated alkanes) is 4. The number of rotatable bonds is 8. The summed E-state index contributed by atoms with van der Waals surface area (Å²) in [6.07, 6.45) is 12.2. The summed E-state index contributed by atoms with van der Waals surface area (Å²) in [4.78, 5) is 11.5. The third-order valence-electron chi connectivity index (χ3n) is 3.57. The number of nitrogens with one attached hydrogen (secondary N) is 1. The van der Waals surface area contributed by atoms with Crippen LogP contribution in [0.5, 0.6) is 0 Å². The molecule has 0 bridgehead atoms. The molecule has 0 aliphatic heterocycles. The molecule has 0 aromatic rings. The van der Waals surface area contributed by atoms with Crippen molar-refractivity contribution in [2.45, 2.75) is 71.1 Å². The third-order valence-corrected chi connectivity index (χ3v) is 3.57. The van der Waals surface area contributed by atoms with Crippen molar-refractivity contribution in [2.24, 2.45) is 5.92 Å². The van der Waals surface area contributed by atoms with Gasteiger partial charge in [-0.1, -0.05) is 45.4 Å². The molecule has 2 nitrogen and oxygen atoms in total. The summed E-state index contributed by atoms with van der Waals surface area (Å²) in [7, 11) is 0. The lowest BCUT2D eigenvalue weighted by Gasteiger charge is -2.10. The van der Waals surface area contributed by atoms with E-state index >= 15 is 0 Å².